The molecule has 54 heavy (non-hydrogen) atoms. The van der Waals surface area contributed by atoms with E-state index in [4.69, 9.17) is 19.6 Å². The molecule has 2 bridgehead atoms. The molecular weight excluding hydrogens is 698 g/mol. The second-order valence-corrected chi connectivity index (χ2v) is 14.6. The van der Waals surface area contributed by atoms with Crippen LogP contribution in [0.3, 0.4) is 0 Å². The number of nitrogens with one attached hydrogen (secondary N) is 3. The smallest absolute Gasteiger partial charge is 0.284 e. The first-order valence-electron chi connectivity index (χ1n) is 18.2. The summed E-state index contributed by atoms with van der Waals surface area (Å²) in [5.41, 5.74) is 0.602. The van der Waals surface area contributed by atoms with Gasteiger partial charge >= 0.3 is 0 Å². The quantitative estimate of drug-likeness (QED) is 0.155. The van der Waals surface area contributed by atoms with Gasteiger partial charge in [-0.3, -0.25) is 25.1 Å². The van der Waals surface area contributed by atoms with Gasteiger partial charge in [-0.15, -0.1) is 0 Å². The number of aromatic hydroxyl groups is 1. The lowest BCUT2D eigenvalue weighted by atomic mass is 9.76. The Morgan fingerprint density at radius 2 is 1.59 bits per heavy atom. The number of amides is 1. The Morgan fingerprint density at radius 3 is 2.37 bits per heavy atom. The van der Waals surface area contributed by atoms with E-state index in [9.17, 15) is 34.8 Å². The Morgan fingerprint density at radius 1 is 0.870 bits per heavy atom. The molecule has 4 aliphatic heterocycles. The maximum absolute atomic E-state index is 14.1. The molecule has 1 saturated carbocycles. The summed E-state index contributed by atoms with van der Waals surface area (Å²) in [6.45, 7) is 0.188. The zero-order valence-electron chi connectivity index (χ0n) is 28.9. The van der Waals surface area contributed by atoms with Crippen LogP contribution in [-0.4, -0.2) is 105 Å². The number of carbonyl (C=O) groups excluding carboxylic acids is 3. The highest BCUT2D eigenvalue weighted by molar-refractivity contribution is 6.68. The third kappa shape index (κ3) is 5.26. The van der Waals surface area contributed by atoms with Crippen molar-refractivity contribution in [3.8, 4) is 11.5 Å². The molecule has 15 nitrogen and oxygen atoms in total. The van der Waals surface area contributed by atoms with Crippen LogP contribution in [0, 0.1) is 5.41 Å². The second-order valence-electron chi connectivity index (χ2n) is 14.6. The number of ether oxygens (including phenoxy) is 3. The molecule has 1 saturated heterocycles. The summed E-state index contributed by atoms with van der Waals surface area (Å²) in [6, 6.07) is 15.2. The Kier molecular flexibility index (Phi) is 8.33. The molecule has 278 valence electrons. The van der Waals surface area contributed by atoms with E-state index in [1.807, 2.05) is 24.3 Å². The van der Waals surface area contributed by atoms with Gasteiger partial charge < -0.3 is 34.6 Å². The number of amidine groups is 1. The minimum absolute atomic E-state index is 0.0417. The average Bonchev–Trinajstić information content (AvgIpc) is 3.60. The van der Waals surface area contributed by atoms with E-state index >= 15 is 0 Å². The number of nitrogens with zero attached hydrogens (tertiary/aromatic N) is 2. The third-order valence-electron chi connectivity index (χ3n) is 11.6. The van der Waals surface area contributed by atoms with E-state index in [1.54, 1.807) is 18.2 Å². The molecular formula is C39H38N5O10+. The highest BCUT2D eigenvalue weighted by atomic mass is 16.7. The number of para-hydroxylation sites is 1. The largest absolute Gasteiger partial charge is 0.504 e. The van der Waals surface area contributed by atoms with Crippen molar-refractivity contribution in [3.63, 3.8) is 0 Å². The molecule has 15 heteroatoms. The summed E-state index contributed by atoms with van der Waals surface area (Å²) in [4.78, 5) is 50.2. The predicted molar refractivity (Wildman–Crippen MR) is 190 cm³/mol. The van der Waals surface area contributed by atoms with Crippen LogP contribution in [0.5, 0.6) is 11.5 Å². The molecule has 1 amide bonds. The Bertz CT molecular complexity index is 2200. The maximum atomic E-state index is 14.1. The SMILES string of the molecule is N=C1N=C2C(=NC[NH+]2c2ccccc2C2CCOC3(CCCCC3)C3OC(Oc4c2cc2c(c4O)C(=O)c4ccccc4C2=O)C(O)C(O)C3O)C(=O)N1. The zero-order chi connectivity index (χ0) is 37.5. The molecule has 7 N–H and O–H groups in total. The zero-order valence-corrected chi connectivity index (χ0v) is 28.9. The van der Waals surface area contributed by atoms with Crippen LogP contribution in [0.15, 0.2) is 64.6 Å². The molecule has 7 atom stereocenters. The molecule has 9 rings (SSSR count). The lowest BCUT2D eigenvalue weighted by Gasteiger charge is -2.50. The minimum Gasteiger partial charge on any atom is -0.504 e. The number of fused-ring (bicyclic) bond motifs is 7. The fourth-order valence-electron chi connectivity index (χ4n) is 8.98. The van der Waals surface area contributed by atoms with E-state index in [0.29, 0.717) is 29.0 Å². The van der Waals surface area contributed by atoms with Gasteiger partial charge in [-0.25, -0.2) is 9.89 Å². The number of carbonyl (C=O) groups is 3. The first kappa shape index (κ1) is 34.6. The first-order chi connectivity index (χ1) is 26.1. The first-order valence-corrected chi connectivity index (χ1v) is 18.2. The van der Waals surface area contributed by atoms with Crippen LogP contribution < -0.4 is 15.0 Å². The lowest BCUT2D eigenvalue weighted by Crippen LogP contribution is -3.09. The van der Waals surface area contributed by atoms with Crippen molar-refractivity contribution in [1.29, 1.82) is 5.41 Å². The van der Waals surface area contributed by atoms with E-state index < -0.39 is 65.4 Å². The number of quaternary nitrogens is 1. The number of aliphatic hydroxyl groups excluding tert-OH is 3. The van der Waals surface area contributed by atoms with E-state index in [1.165, 1.54) is 12.1 Å². The van der Waals surface area contributed by atoms with Gasteiger partial charge in [-0.1, -0.05) is 61.7 Å². The summed E-state index contributed by atoms with van der Waals surface area (Å²) in [6.07, 6.45) is -4.03. The van der Waals surface area contributed by atoms with Gasteiger partial charge in [0, 0.05) is 40.3 Å². The van der Waals surface area contributed by atoms with Crippen LogP contribution in [0.1, 0.15) is 87.4 Å². The number of aliphatic imine (C=N–C) groups is 2. The standard InChI is InChI=1S/C39H37N5O10/c40-38-42-35-26(36(51)43-38)41-17-44(35)24-11-5-4-8-19(24)18-12-15-52-39(13-6-1-7-14-39)34-31(49)30(48)32(50)37(54-34)53-33-22(18)16-23-25(29(33)47)28(46)21-10-3-2-9-20(21)27(23)45/h2-5,8-11,16,18,30-32,34,37,47-50H,1,6-7,12-15,17H2,(H2,40,43,51)/p+1. The summed E-state index contributed by atoms with van der Waals surface area (Å²) in [7, 11) is 0. The number of aliphatic hydroxyl groups is 3. The van der Waals surface area contributed by atoms with E-state index in [0.717, 1.165) is 19.3 Å². The summed E-state index contributed by atoms with van der Waals surface area (Å²) < 4.78 is 19.5. The molecule has 7 unspecified atom stereocenters. The highest BCUT2D eigenvalue weighted by Crippen LogP contribution is 2.50. The van der Waals surface area contributed by atoms with Crippen LogP contribution in [0.25, 0.3) is 0 Å². The van der Waals surface area contributed by atoms with Gasteiger partial charge in [0.05, 0.1) is 11.2 Å². The van der Waals surface area contributed by atoms with Crippen LogP contribution in [0.2, 0.25) is 0 Å². The maximum Gasteiger partial charge on any atom is 0.284 e. The number of hydrogen-bond acceptors (Lipinski definition) is 12. The highest BCUT2D eigenvalue weighted by Gasteiger charge is 2.55. The van der Waals surface area contributed by atoms with E-state index in [2.05, 4.69) is 15.3 Å². The minimum atomic E-state index is -1.78. The fourth-order valence-corrected chi connectivity index (χ4v) is 8.98. The molecule has 0 radical (unpaired) electrons. The molecule has 3 aromatic rings. The topological polar surface area (TPSA) is 225 Å². The van der Waals surface area contributed by atoms with Gasteiger partial charge in [-0.05, 0) is 31.4 Å². The van der Waals surface area contributed by atoms with Crippen LogP contribution in [0.4, 0.5) is 5.69 Å². The molecule has 0 aromatic heterocycles. The van der Waals surface area contributed by atoms with Gasteiger partial charge in [0.1, 0.15) is 30.1 Å². The monoisotopic (exact) mass is 736 g/mol. The molecule has 1 spiro atoms. The Labute approximate surface area is 308 Å². The second kappa shape index (κ2) is 13.0. The van der Waals surface area contributed by atoms with Crippen molar-refractivity contribution in [3.05, 3.63) is 88.0 Å². The number of guanidine groups is 1. The van der Waals surface area contributed by atoms with Crippen molar-refractivity contribution in [1.82, 2.24) is 5.32 Å². The number of ketones is 2. The molecule has 2 fully saturated rings. The van der Waals surface area contributed by atoms with Crippen molar-refractivity contribution < 1.29 is 53.9 Å². The van der Waals surface area contributed by atoms with Gasteiger partial charge in [0.15, 0.2) is 29.7 Å². The van der Waals surface area contributed by atoms with Crippen molar-refractivity contribution in [2.75, 3.05) is 13.3 Å². The molecule has 3 aromatic carbocycles. The summed E-state index contributed by atoms with van der Waals surface area (Å²) in [5, 5.41) is 56.5. The van der Waals surface area contributed by atoms with Crippen LogP contribution >= 0.6 is 0 Å². The fraction of sp³-hybridized carbons (Fsp3) is 0.385. The Balaban J connectivity index is 1.25. The Hall–Kier alpha value is -5.16. The summed E-state index contributed by atoms with van der Waals surface area (Å²) >= 11 is 0. The number of phenols is 1. The van der Waals surface area contributed by atoms with Crippen molar-refractivity contribution in [2.24, 2.45) is 9.98 Å². The average molecular weight is 737 g/mol. The molecule has 2 aliphatic carbocycles. The van der Waals surface area contributed by atoms with Crippen molar-refractivity contribution in [2.45, 2.75) is 80.7 Å². The lowest BCUT2D eigenvalue weighted by molar-refractivity contribution is -0.723. The number of benzene rings is 3. The number of rotatable bonds is 2. The molecule has 6 aliphatic rings. The van der Waals surface area contributed by atoms with Gasteiger partial charge in [0.2, 0.25) is 18.0 Å². The normalized spacial score (nSPS) is 30.1. The van der Waals surface area contributed by atoms with E-state index in [-0.39, 0.29) is 70.8 Å². The van der Waals surface area contributed by atoms with Crippen LogP contribution in [-0.2, 0) is 14.3 Å². The number of phenolic OH excluding ortho intramolecular Hbond substituents is 1. The number of hydrogen-bond donors (Lipinski definition) is 7. The third-order valence-corrected chi connectivity index (χ3v) is 11.6. The van der Waals surface area contributed by atoms with Gasteiger partial charge in [-0.2, -0.15) is 4.99 Å². The molecule has 4 heterocycles. The van der Waals surface area contributed by atoms with Gasteiger partial charge in [0.25, 0.3) is 11.7 Å². The predicted octanol–water partition coefficient (Wildman–Crippen LogP) is 1.00. The van der Waals surface area contributed by atoms with Crippen molar-refractivity contribution >= 4 is 40.7 Å². The summed E-state index contributed by atoms with van der Waals surface area (Å²) in [5.74, 6) is -3.28.